The van der Waals surface area contributed by atoms with Gasteiger partial charge < -0.3 is 11.1 Å². The van der Waals surface area contributed by atoms with Gasteiger partial charge in [-0.05, 0) is 12.5 Å². The molecule has 18 heavy (non-hydrogen) atoms. The molecular formula is C13H16N4O. The highest BCUT2D eigenvalue weighted by Crippen LogP contribution is 2.20. The van der Waals surface area contributed by atoms with Crippen molar-refractivity contribution in [1.82, 2.24) is 15.5 Å². The highest BCUT2D eigenvalue weighted by molar-refractivity contribution is 5.79. The second-order valence-corrected chi connectivity index (χ2v) is 4.14. The molecule has 0 aliphatic heterocycles. The van der Waals surface area contributed by atoms with E-state index in [9.17, 15) is 4.79 Å². The van der Waals surface area contributed by atoms with Crippen LogP contribution >= 0.6 is 0 Å². The second-order valence-electron chi connectivity index (χ2n) is 4.14. The molecule has 0 bridgehead atoms. The SMILES string of the molecule is CC(NCc1cn[nH]c1-c1ccccc1)C(N)=O. The Morgan fingerprint density at radius 3 is 2.83 bits per heavy atom. The fraction of sp³-hybridized carbons (Fsp3) is 0.231. The summed E-state index contributed by atoms with van der Waals surface area (Å²) in [5.74, 6) is -0.361. The molecule has 5 heteroatoms. The summed E-state index contributed by atoms with van der Waals surface area (Å²) >= 11 is 0. The number of primary amides is 1. The number of hydrogen-bond acceptors (Lipinski definition) is 3. The fourth-order valence-electron chi connectivity index (χ4n) is 1.66. The Hall–Kier alpha value is -2.14. The summed E-state index contributed by atoms with van der Waals surface area (Å²) in [4.78, 5) is 11.0. The van der Waals surface area contributed by atoms with E-state index in [-0.39, 0.29) is 11.9 Å². The number of hydrogen-bond donors (Lipinski definition) is 3. The van der Waals surface area contributed by atoms with Crippen molar-refractivity contribution < 1.29 is 4.79 Å². The number of H-pyrrole nitrogens is 1. The van der Waals surface area contributed by atoms with Gasteiger partial charge in [0.05, 0.1) is 17.9 Å². The minimum absolute atomic E-state index is 0.358. The first kappa shape index (κ1) is 12.3. The van der Waals surface area contributed by atoms with Crippen molar-refractivity contribution >= 4 is 5.91 Å². The molecule has 0 saturated heterocycles. The summed E-state index contributed by atoms with van der Waals surface area (Å²) in [5, 5.41) is 10.1. The van der Waals surface area contributed by atoms with E-state index in [1.54, 1.807) is 13.1 Å². The lowest BCUT2D eigenvalue weighted by Crippen LogP contribution is -2.38. The molecule has 0 fully saturated rings. The summed E-state index contributed by atoms with van der Waals surface area (Å²) in [5.41, 5.74) is 8.23. The molecule has 94 valence electrons. The first-order chi connectivity index (χ1) is 8.68. The molecule has 1 aromatic carbocycles. The van der Waals surface area contributed by atoms with Crippen LogP contribution in [0.1, 0.15) is 12.5 Å². The molecule has 1 unspecified atom stereocenters. The molecule has 0 spiro atoms. The van der Waals surface area contributed by atoms with Gasteiger partial charge in [-0.1, -0.05) is 30.3 Å². The van der Waals surface area contributed by atoms with E-state index < -0.39 is 0 Å². The van der Waals surface area contributed by atoms with Crippen molar-refractivity contribution in [2.45, 2.75) is 19.5 Å². The van der Waals surface area contributed by atoms with Crippen molar-refractivity contribution in [2.75, 3.05) is 0 Å². The van der Waals surface area contributed by atoms with E-state index in [0.29, 0.717) is 6.54 Å². The molecule has 0 aliphatic carbocycles. The van der Waals surface area contributed by atoms with E-state index in [4.69, 9.17) is 5.73 Å². The molecule has 5 nitrogen and oxygen atoms in total. The topological polar surface area (TPSA) is 83.8 Å². The summed E-state index contributed by atoms with van der Waals surface area (Å²) in [6.45, 7) is 2.29. The Labute approximate surface area is 105 Å². The number of aromatic nitrogens is 2. The van der Waals surface area contributed by atoms with Gasteiger partial charge in [-0.15, -0.1) is 0 Å². The van der Waals surface area contributed by atoms with Crippen molar-refractivity contribution in [3.63, 3.8) is 0 Å². The minimum Gasteiger partial charge on any atom is -0.368 e. The molecule has 4 N–H and O–H groups in total. The fourth-order valence-corrected chi connectivity index (χ4v) is 1.66. The van der Waals surface area contributed by atoms with Crippen LogP contribution in [0.2, 0.25) is 0 Å². The Balaban J connectivity index is 2.12. The van der Waals surface area contributed by atoms with Crippen LogP contribution in [0.25, 0.3) is 11.3 Å². The third-order valence-electron chi connectivity index (χ3n) is 2.81. The lowest BCUT2D eigenvalue weighted by atomic mass is 10.1. The highest BCUT2D eigenvalue weighted by Gasteiger charge is 2.11. The number of nitrogens with two attached hydrogens (primary N) is 1. The molecule has 1 aromatic heterocycles. The van der Waals surface area contributed by atoms with E-state index in [2.05, 4.69) is 15.5 Å². The summed E-state index contributed by atoms with van der Waals surface area (Å²) in [6.07, 6.45) is 1.75. The van der Waals surface area contributed by atoms with Gasteiger partial charge in [0.25, 0.3) is 0 Å². The third kappa shape index (κ3) is 2.75. The van der Waals surface area contributed by atoms with Crippen LogP contribution in [0.15, 0.2) is 36.5 Å². The smallest absolute Gasteiger partial charge is 0.234 e. The predicted octanol–water partition coefficient (Wildman–Crippen LogP) is 1.04. The molecule has 0 radical (unpaired) electrons. The molecular weight excluding hydrogens is 228 g/mol. The van der Waals surface area contributed by atoms with Gasteiger partial charge in [0.15, 0.2) is 0 Å². The van der Waals surface area contributed by atoms with Crippen molar-refractivity contribution in [3.05, 3.63) is 42.1 Å². The van der Waals surface area contributed by atoms with Crippen LogP contribution in [0.4, 0.5) is 0 Å². The molecule has 1 atom stereocenters. The van der Waals surface area contributed by atoms with E-state index in [1.807, 2.05) is 30.3 Å². The first-order valence-corrected chi connectivity index (χ1v) is 5.79. The van der Waals surface area contributed by atoms with Crippen molar-refractivity contribution in [2.24, 2.45) is 5.73 Å². The maximum absolute atomic E-state index is 11.0. The summed E-state index contributed by atoms with van der Waals surface area (Å²) in [7, 11) is 0. The second kappa shape index (κ2) is 5.46. The zero-order valence-electron chi connectivity index (χ0n) is 10.2. The van der Waals surface area contributed by atoms with Gasteiger partial charge >= 0.3 is 0 Å². The first-order valence-electron chi connectivity index (χ1n) is 5.79. The van der Waals surface area contributed by atoms with Crippen LogP contribution < -0.4 is 11.1 Å². The highest BCUT2D eigenvalue weighted by atomic mass is 16.1. The molecule has 1 heterocycles. The average molecular weight is 244 g/mol. The monoisotopic (exact) mass is 244 g/mol. The average Bonchev–Trinajstić information content (AvgIpc) is 2.85. The lowest BCUT2D eigenvalue weighted by molar-refractivity contribution is -0.119. The predicted molar refractivity (Wildman–Crippen MR) is 69.5 cm³/mol. The van der Waals surface area contributed by atoms with Crippen LogP contribution in [0, 0.1) is 0 Å². The number of rotatable bonds is 5. The Kier molecular flexibility index (Phi) is 3.74. The molecule has 2 aromatic rings. The third-order valence-corrected chi connectivity index (χ3v) is 2.81. The summed E-state index contributed by atoms with van der Waals surface area (Å²) < 4.78 is 0. The number of nitrogens with zero attached hydrogens (tertiary/aromatic N) is 1. The molecule has 0 aliphatic rings. The Morgan fingerprint density at radius 1 is 1.44 bits per heavy atom. The van der Waals surface area contributed by atoms with Crippen molar-refractivity contribution in [3.8, 4) is 11.3 Å². The molecule has 2 rings (SSSR count). The minimum atomic E-state index is -0.361. The van der Waals surface area contributed by atoms with Crippen LogP contribution in [0.5, 0.6) is 0 Å². The van der Waals surface area contributed by atoms with Gasteiger partial charge in [-0.3, -0.25) is 9.89 Å². The number of carbonyl (C=O) groups is 1. The zero-order chi connectivity index (χ0) is 13.0. The quantitative estimate of drug-likeness (QED) is 0.734. The number of benzene rings is 1. The summed E-state index contributed by atoms with van der Waals surface area (Å²) in [6, 6.07) is 9.57. The normalized spacial score (nSPS) is 12.3. The standard InChI is InChI=1S/C13H16N4O/c1-9(13(14)18)15-7-11-8-16-17-12(11)10-5-3-2-4-6-10/h2-6,8-9,15H,7H2,1H3,(H2,14,18)(H,16,17). The largest absolute Gasteiger partial charge is 0.368 e. The lowest BCUT2D eigenvalue weighted by Gasteiger charge is -2.10. The Morgan fingerprint density at radius 2 is 2.17 bits per heavy atom. The number of carbonyl (C=O) groups excluding carboxylic acids is 1. The molecule has 1 amide bonds. The van der Waals surface area contributed by atoms with Gasteiger partial charge in [0, 0.05) is 12.1 Å². The van der Waals surface area contributed by atoms with Crippen molar-refractivity contribution in [1.29, 1.82) is 0 Å². The van der Waals surface area contributed by atoms with Gasteiger partial charge in [0.1, 0.15) is 0 Å². The van der Waals surface area contributed by atoms with Gasteiger partial charge in [-0.2, -0.15) is 5.10 Å². The number of amides is 1. The van der Waals surface area contributed by atoms with Crippen LogP contribution in [-0.4, -0.2) is 22.1 Å². The number of nitrogens with one attached hydrogen (secondary N) is 2. The maximum Gasteiger partial charge on any atom is 0.234 e. The maximum atomic E-state index is 11.0. The Bertz CT molecular complexity index is 521. The zero-order valence-corrected chi connectivity index (χ0v) is 10.2. The van der Waals surface area contributed by atoms with E-state index in [1.165, 1.54) is 0 Å². The van der Waals surface area contributed by atoms with Crippen LogP contribution in [-0.2, 0) is 11.3 Å². The van der Waals surface area contributed by atoms with E-state index in [0.717, 1.165) is 16.8 Å². The molecule has 0 saturated carbocycles. The van der Waals surface area contributed by atoms with Crippen LogP contribution in [0.3, 0.4) is 0 Å². The van der Waals surface area contributed by atoms with Gasteiger partial charge in [-0.25, -0.2) is 0 Å². The van der Waals surface area contributed by atoms with Gasteiger partial charge in [0.2, 0.25) is 5.91 Å². The van der Waals surface area contributed by atoms with E-state index >= 15 is 0 Å². The number of aromatic amines is 1.